The highest BCUT2D eigenvalue weighted by molar-refractivity contribution is 6.30. The molecule has 0 aliphatic carbocycles. The van der Waals surface area contributed by atoms with Crippen molar-refractivity contribution in [3.8, 4) is 22.5 Å². The van der Waals surface area contributed by atoms with E-state index in [0.29, 0.717) is 43.2 Å². The van der Waals surface area contributed by atoms with Crippen molar-refractivity contribution in [3.05, 3.63) is 101 Å². The summed E-state index contributed by atoms with van der Waals surface area (Å²) in [4.78, 5) is 37.2. The Balaban J connectivity index is 1.24. The van der Waals surface area contributed by atoms with E-state index in [4.69, 9.17) is 21.6 Å². The summed E-state index contributed by atoms with van der Waals surface area (Å²) in [5.41, 5.74) is 6.56. The van der Waals surface area contributed by atoms with Gasteiger partial charge in [-0.1, -0.05) is 96.7 Å². The van der Waals surface area contributed by atoms with Crippen LogP contribution in [0.1, 0.15) is 55.3 Å². The van der Waals surface area contributed by atoms with Crippen molar-refractivity contribution in [1.82, 2.24) is 15.3 Å². The van der Waals surface area contributed by atoms with Gasteiger partial charge in [0, 0.05) is 48.5 Å². The van der Waals surface area contributed by atoms with Gasteiger partial charge in [0.05, 0.1) is 17.1 Å². The Kier molecular flexibility index (Phi) is 9.42. The van der Waals surface area contributed by atoms with Crippen LogP contribution in [0.5, 0.6) is 0 Å². The van der Waals surface area contributed by atoms with Crippen molar-refractivity contribution in [3.63, 3.8) is 0 Å². The first-order chi connectivity index (χ1) is 20.0. The van der Waals surface area contributed by atoms with Crippen LogP contribution in [0.3, 0.4) is 0 Å². The molecule has 0 unspecified atom stereocenters. The number of aryl methyl sites for hydroxylation is 2. The van der Waals surface area contributed by atoms with Gasteiger partial charge in [-0.2, -0.15) is 0 Å². The lowest BCUT2D eigenvalue weighted by atomic mass is 10.0. The number of halogens is 1. The fourth-order valence-corrected chi connectivity index (χ4v) is 5.20. The van der Waals surface area contributed by atoms with Gasteiger partial charge in [-0.05, 0) is 37.5 Å². The number of carbonyl (C=O) groups is 2. The molecule has 1 aliphatic rings. The predicted molar refractivity (Wildman–Crippen MR) is 165 cm³/mol. The topological polar surface area (TPSA) is 75.2 Å². The largest absolute Gasteiger partial charge is 0.352 e. The Morgan fingerprint density at radius 1 is 0.829 bits per heavy atom. The number of unbranched alkanes of at least 4 members (excludes halogenated alkanes) is 3. The van der Waals surface area contributed by atoms with Crippen molar-refractivity contribution in [2.45, 2.75) is 58.4 Å². The molecule has 0 atom stereocenters. The number of nitrogens with one attached hydrogen (secondary N) is 1. The molecule has 1 aliphatic heterocycles. The van der Waals surface area contributed by atoms with Gasteiger partial charge in [-0.15, -0.1) is 0 Å². The second-order valence-electron chi connectivity index (χ2n) is 10.5. The molecule has 0 fully saturated rings. The molecule has 210 valence electrons. The van der Waals surface area contributed by atoms with Gasteiger partial charge in [0.1, 0.15) is 0 Å². The van der Waals surface area contributed by atoms with Crippen molar-refractivity contribution >= 4 is 29.2 Å². The first-order valence-electron chi connectivity index (χ1n) is 14.3. The first-order valence-corrected chi connectivity index (χ1v) is 14.7. The fourth-order valence-electron chi connectivity index (χ4n) is 5.07. The Morgan fingerprint density at radius 3 is 2.22 bits per heavy atom. The maximum Gasteiger partial charge on any atom is 0.228 e. The van der Waals surface area contributed by atoms with Crippen molar-refractivity contribution in [1.29, 1.82) is 0 Å². The quantitative estimate of drug-likeness (QED) is 0.193. The zero-order valence-electron chi connectivity index (χ0n) is 23.4. The van der Waals surface area contributed by atoms with E-state index in [-0.39, 0.29) is 11.8 Å². The number of amides is 2. The normalized spacial score (nSPS) is 12.7. The van der Waals surface area contributed by atoms with Crippen LogP contribution >= 0.6 is 11.6 Å². The Bertz CT molecular complexity index is 1490. The standard InChI is InChI=1S/C34H35ClN4O2/c1-24-12-14-26(15-13-24)33-32(27-16-18-28(35)19-17-27)37-29-20-21-31(41)39(34(29)38-33)22-8-3-2-7-11-30(40)36-23-25-9-5-4-6-10-25/h4-6,9-10,12-19H,2-3,7-8,11,20-23H2,1H3,(H,36,40). The summed E-state index contributed by atoms with van der Waals surface area (Å²) in [7, 11) is 0. The molecule has 5 rings (SSSR count). The van der Waals surface area contributed by atoms with Crippen molar-refractivity contribution in [2.24, 2.45) is 0 Å². The number of nitrogens with zero attached hydrogens (tertiary/aromatic N) is 3. The number of hydrogen-bond acceptors (Lipinski definition) is 4. The molecule has 7 heteroatoms. The van der Waals surface area contributed by atoms with Gasteiger partial charge in [0.15, 0.2) is 5.82 Å². The van der Waals surface area contributed by atoms with Crippen LogP contribution in [0.2, 0.25) is 5.02 Å². The van der Waals surface area contributed by atoms with E-state index in [1.165, 1.54) is 0 Å². The Labute approximate surface area is 246 Å². The molecule has 1 aromatic heterocycles. The maximum absolute atomic E-state index is 13.0. The number of aromatic nitrogens is 2. The van der Waals surface area contributed by atoms with Crippen molar-refractivity contribution < 1.29 is 9.59 Å². The van der Waals surface area contributed by atoms with Crippen LogP contribution in [0, 0.1) is 6.92 Å². The lowest BCUT2D eigenvalue weighted by molar-refractivity contribution is -0.121. The van der Waals surface area contributed by atoms with E-state index in [9.17, 15) is 9.59 Å². The summed E-state index contributed by atoms with van der Waals surface area (Å²) in [5, 5.41) is 3.65. The highest BCUT2D eigenvalue weighted by Crippen LogP contribution is 2.35. The molecule has 2 amide bonds. The zero-order chi connectivity index (χ0) is 28.6. The second-order valence-corrected chi connectivity index (χ2v) is 11.0. The molecule has 6 nitrogen and oxygen atoms in total. The highest BCUT2D eigenvalue weighted by atomic mass is 35.5. The summed E-state index contributed by atoms with van der Waals surface area (Å²) in [6.45, 7) is 3.20. The summed E-state index contributed by atoms with van der Waals surface area (Å²) in [6.07, 6.45) is 5.05. The van der Waals surface area contributed by atoms with Gasteiger partial charge in [0.2, 0.25) is 11.8 Å². The average Bonchev–Trinajstić information content (AvgIpc) is 2.99. The van der Waals surface area contributed by atoms with E-state index >= 15 is 0 Å². The van der Waals surface area contributed by atoms with Crippen LogP contribution < -0.4 is 10.2 Å². The van der Waals surface area contributed by atoms with E-state index in [1.807, 2.05) is 59.5 Å². The molecule has 1 N–H and O–H groups in total. The van der Waals surface area contributed by atoms with Gasteiger partial charge >= 0.3 is 0 Å². The molecule has 3 aromatic carbocycles. The maximum atomic E-state index is 13.0. The third-order valence-electron chi connectivity index (χ3n) is 7.39. The highest BCUT2D eigenvalue weighted by Gasteiger charge is 2.28. The molecule has 0 radical (unpaired) electrons. The van der Waals surface area contributed by atoms with E-state index in [0.717, 1.165) is 65.0 Å². The molecule has 0 bridgehead atoms. The lowest BCUT2D eigenvalue weighted by Gasteiger charge is -2.29. The van der Waals surface area contributed by atoms with Gasteiger partial charge in [-0.25, -0.2) is 9.97 Å². The number of carbonyl (C=O) groups excluding carboxylic acids is 2. The number of rotatable bonds is 11. The lowest BCUT2D eigenvalue weighted by Crippen LogP contribution is -2.37. The van der Waals surface area contributed by atoms with E-state index in [1.54, 1.807) is 0 Å². The van der Waals surface area contributed by atoms with Crippen LogP contribution in [0.4, 0.5) is 5.82 Å². The molecule has 0 saturated carbocycles. The Morgan fingerprint density at radius 2 is 1.49 bits per heavy atom. The number of benzene rings is 3. The van der Waals surface area contributed by atoms with Gasteiger partial charge < -0.3 is 5.32 Å². The average molecular weight is 567 g/mol. The van der Waals surface area contributed by atoms with Gasteiger partial charge in [0.25, 0.3) is 0 Å². The minimum atomic E-state index is 0.0735. The minimum absolute atomic E-state index is 0.0735. The predicted octanol–water partition coefficient (Wildman–Crippen LogP) is 7.32. The number of fused-ring (bicyclic) bond motifs is 1. The molecule has 0 spiro atoms. The first kappa shape index (κ1) is 28.5. The SMILES string of the molecule is Cc1ccc(-c2nc3c(nc2-c2ccc(Cl)cc2)CCC(=O)N3CCCCCCC(=O)NCc2ccccc2)cc1. The molecule has 41 heavy (non-hydrogen) atoms. The van der Waals surface area contributed by atoms with Gasteiger partial charge in [-0.3, -0.25) is 14.5 Å². The van der Waals surface area contributed by atoms with Crippen molar-refractivity contribution in [2.75, 3.05) is 11.4 Å². The Hall–Kier alpha value is -4.03. The number of anilines is 1. The van der Waals surface area contributed by atoms with Crippen LogP contribution in [-0.4, -0.2) is 28.3 Å². The summed E-state index contributed by atoms with van der Waals surface area (Å²) in [6, 6.07) is 25.8. The molecule has 4 aromatic rings. The summed E-state index contributed by atoms with van der Waals surface area (Å²) in [5.74, 6) is 0.820. The smallest absolute Gasteiger partial charge is 0.228 e. The van der Waals surface area contributed by atoms with E-state index < -0.39 is 0 Å². The van der Waals surface area contributed by atoms with Crippen LogP contribution in [0.25, 0.3) is 22.5 Å². The van der Waals surface area contributed by atoms with Crippen LogP contribution in [0.15, 0.2) is 78.9 Å². The fraction of sp³-hybridized carbons (Fsp3) is 0.294. The summed E-state index contributed by atoms with van der Waals surface area (Å²) < 4.78 is 0. The molecular weight excluding hydrogens is 532 g/mol. The van der Waals surface area contributed by atoms with E-state index in [2.05, 4.69) is 36.5 Å². The monoisotopic (exact) mass is 566 g/mol. The summed E-state index contributed by atoms with van der Waals surface area (Å²) >= 11 is 6.16. The minimum Gasteiger partial charge on any atom is -0.352 e. The third-order valence-corrected chi connectivity index (χ3v) is 7.64. The number of hydrogen-bond donors (Lipinski definition) is 1. The second kappa shape index (κ2) is 13.6. The third kappa shape index (κ3) is 7.39. The molecule has 0 saturated heterocycles. The molecule has 2 heterocycles. The molecular formula is C34H35ClN4O2. The zero-order valence-corrected chi connectivity index (χ0v) is 24.2. The van der Waals surface area contributed by atoms with Crippen LogP contribution in [-0.2, 0) is 22.6 Å².